The molecule has 0 aliphatic carbocycles. The van der Waals surface area contributed by atoms with Gasteiger partial charge >= 0.3 is 12.1 Å². The highest BCUT2D eigenvalue weighted by Crippen LogP contribution is 2.42. The molecule has 1 amide bonds. The number of carboxylic acid groups (broad SMARTS) is 2. The van der Waals surface area contributed by atoms with Crippen LogP contribution in [0.4, 0.5) is 4.79 Å². The smallest absolute Gasteiger partial charge is 0.408 e. The molecular weight excluding hydrogens is 302 g/mol. The Labute approximate surface area is 133 Å². The minimum absolute atomic E-state index is 0.000281. The second-order valence-electron chi connectivity index (χ2n) is 7.68. The van der Waals surface area contributed by atoms with Crippen molar-refractivity contribution in [2.45, 2.75) is 76.7 Å². The van der Waals surface area contributed by atoms with E-state index in [1.165, 1.54) is 0 Å². The molecule has 0 bridgehead atoms. The number of hydrogen-bond acceptors (Lipinski definition) is 3. The second kappa shape index (κ2) is 6.20. The van der Waals surface area contributed by atoms with Gasteiger partial charge in [-0.25, -0.2) is 9.59 Å². The van der Waals surface area contributed by atoms with Gasteiger partial charge in [0.25, 0.3) is 0 Å². The lowest BCUT2D eigenvalue weighted by Gasteiger charge is -2.38. The maximum Gasteiger partial charge on any atom is 0.408 e. The maximum absolute atomic E-state index is 11.8. The van der Waals surface area contributed by atoms with Crippen molar-refractivity contribution in [2.24, 2.45) is 0 Å². The van der Waals surface area contributed by atoms with E-state index in [0.29, 0.717) is 12.8 Å². The average molecular weight is 331 g/mol. The van der Waals surface area contributed by atoms with Gasteiger partial charge in [0, 0.05) is 6.42 Å². The van der Waals surface area contributed by atoms with Crippen molar-refractivity contribution in [3.8, 4) is 0 Å². The van der Waals surface area contributed by atoms with Crippen molar-refractivity contribution in [3.05, 3.63) is 0 Å². The molecule has 1 heterocycles. The van der Waals surface area contributed by atoms with E-state index in [9.17, 15) is 19.8 Å². The molecule has 1 fully saturated rings. The first kappa shape index (κ1) is 19.0. The molecule has 7 heteroatoms. The number of nitrogens with zero attached hydrogens (tertiary/aromatic N) is 1. The van der Waals surface area contributed by atoms with Gasteiger partial charge in [0.2, 0.25) is 0 Å². The van der Waals surface area contributed by atoms with Gasteiger partial charge < -0.3 is 14.6 Å². The van der Waals surface area contributed by atoms with Gasteiger partial charge in [0.1, 0.15) is 5.54 Å². The normalized spacial score (nSPS) is 26.3. The second-order valence-corrected chi connectivity index (χ2v) is 12.4. The van der Waals surface area contributed by atoms with E-state index in [4.69, 9.17) is 4.43 Å². The van der Waals surface area contributed by atoms with Crippen LogP contribution in [-0.4, -0.2) is 53.7 Å². The average Bonchev–Trinajstić information content (AvgIpc) is 2.67. The third-order valence-electron chi connectivity index (χ3n) is 5.03. The predicted molar refractivity (Wildman–Crippen MR) is 86.7 cm³/mol. The van der Waals surface area contributed by atoms with Gasteiger partial charge in [-0.2, -0.15) is 0 Å². The summed E-state index contributed by atoms with van der Waals surface area (Å²) in [5.74, 6) is -1.07. The summed E-state index contributed by atoms with van der Waals surface area (Å²) in [4.78, 5) is 24.4. The van der Waals surface area contributed by atoms with Crippen LogP contribution < -0.4 is 0 Å². The molecule has 1 rings (SSSR count). The first-order valence-corrected chi connectivity index (χ1v) is 10.7. The molecule has 0 saturated carbocycles. The Balaban J connectivity index is 3.05. The number of rotatable bonds is 5. The Kier molecular flexibility index (Phi) is 5.34. The molecule has 6 nitrogen and oxygen atoms in total. The molecule has 0 aromatic heterocycles. The monoisotopic (exact) mass is 331 g/mol. The van der Waals surface area contributed by atoms with Crippen LogP contribution in [0.15, 0.2) is 0 Å². The highest BCUT2D eigenvalue weighted by molar-refractivity contribution is 6.74. The van der Waals surface area contributed by atoms with Gasteiger partial charge in [-0.15, -0.1) is 0 Å². The number of hydrogen-bond donors (Lipinski definition) is 2. The van der Waals surface area contributed by atoms with Gasteiger partial charge in [0.05, 0.1) is 12.6 Å². The van der Waals surface area contributed by atoms with Crippen LogP contribution >= 0.6 is 0 Å². The Morgan fingerprint density at radius 2 is 1.86 bits per heavy atom. The summed E-state index contributed by atoms with van der Waals surface area (Å²) < 4.78 is 6.27. The zero-order valence-electron chi connectivity index (χ0n) is 14.5. The zero-order chi connectivity index (χ0) is 17.3. The standard InChI is InChI=1S/C15H29NO5Si/c1-7-8-15(12(17)18)9-11(10-16(15)13(19)20)21-22(5,6)14(2,3)4/h11H,7-10H2,1-6H3,(H,17,18)(H,19,20)/t11-,15+/m1/s1. The van der Waals surface area contributed by atoms with E-state index in [0.717, 1.165) is 4.90 Å². The highest BCUT2D eigenvalue weighted by atomic mass is 28.4. The Morgan fingerprint density at radius 3 is 2.23 bits per heavy atom. The Morgan fingerprint density at radius 1 is 1.32 bits per heavy atom. The van der Waals surface area contributed by atoms with E-state index in [2.05, 4.69) is 33.9 Å². The third-order valence-corrected chi connectivity index (χ3v) is 9.56. The topological polar surface area (TPSA) is 87.1 Å². The minimum Gasteiger partial charge on any atom is -0.479 e. The molecule has 1 saturated heterocycles. The molecule has 0 radical (unpaired) electrons. The van der Waals surface area contributed by atoms with Crippen LogP contribution in [-0.2, 0) is 9.22 Å². The molecule has 0 aromatic rings. The van der Waals surface area contributed by atoms with E-state index in [1.54, 1.807) is 0 Å². The fourth-order valence-corrected chi connectivity index (χ4v) is 4.17. The molecule has 128 valence electrons. The molecule has 1 aliphatic heterocycles. The summed E-state index contributed by atoms with van der Waals surface area (Å²) in [6.07, 6.45) is -0.374. The van der Waals surface area contributed by atoms with E-state index < -0.39 is 25.9 Å². The van der Waals surface area contributed by atoms with E-state index in [-0.39, 0.29) is 24.1 Å². The molecule has 22 heavy (non-hydrogen) atoms. The summed E-state index contributed by atoms with van der Waals surface area (Å²) >= 11 is 0. The first-order chi connectivity index (χ1) is 9.87. The number of carbonyl (C=O) groups is 2. The zero-order valence-corrected chi connectivity index (χ0v) is 15.5. The predicted octanol–water partition coefficient (Wildman–Crippen LogP) is 3.38. The molecule has 1 aliphatic rings. The number of amides is 1. The lowest BCUT2D eigenvalue weighted by Crippen LogP contribution is -2.52. The Bertz CT molecular complexity index is 446. The van der Waals surface area contributed by atoms with Gasteiger partial charge in [-0.1, -0.05) is 34.1 Å². The van der Waals surface area contributed by atoms with Gasteiger partial charge in [-0.05, 0) is 24.6 Å². The quantitative estimate of drug-likeness (QED) is 0.754. The van der Waals surface area contributed by atoms with Crippen molar-refractivity contribution >= 4 is 20.4 Å². The number of likely N-dealkylation sites (tertiary alicyclic amines) is 1. The van der Waals surface area contributed by atoms with Crippen LogP contribution in [0.2, 0.25) is 18.1 Å². The summed E-state index contributed by atoms with van der Waals surface area (Å²) in [7, 11) is -2.07. The summed E-state index contributed by atoms with van der Waals surface area (Å²) in [6, 6.07) is 0. The fourth-order valence-electron chi connectivity index (χ4n) is 2.82. The number of carboxylic acids is 1. The molecule has 0 aromatic carbocycles. The molecule has 2 N–H and O–H groups in total. The molecule has 0 spiro atoms. The third kappa shape index (κ3) is 3.46. The van der Waals surface area contributed by atoms with Crippen LogP contribution in [0, 0.1) is 0 Å². The molecular formula is C15H29NO5Si. The van der Waals surface area contributed by atoms with E-state index >= 15 is 0 Å². The van der Waals surface area contributed by atoms with Crippen molar-refractivity contribution < 1.29 is 24.2 Å². The largest absolute Gasteiger partial charge is 0.479 e. The minimum atomic E-state index is -2.07. The van der Waals surface area contributed by atoms with Crippen molar-refractivity contribution in [1.29, 1.82) is 0 Å². The highest BCUT2D eigenvalue weighted by Gasteiger charge is 2.55. The molecule has 0 unspecified atom stereocenters. The summed E-state index contributed by atoms with van der Waals surface area (Å²) in [6.45, 7) is 12.5. The summed E-state index contributed by atoms with van der Waals surface area (Å²) in [5, 5.41) is 19.1. The maximum atomic E-state index is 11.8. The fraction of sp³-hybridized carbons (Fsp3) is 0.867. The van der Waals surface area contributed by atoms with Crippen molar-refractivity contribution in [1.82, 2.24) is 4.90 Å². The van der Waals surface area contributed by atoms with Crippen LogP contribution in [0.3, 0.4) is 0 Å². The molecule has 2 atom stereocenters. The lowest BCUT2D eigenvalue weighted by atomic mass is 9.90. The van der Waals surface area contributed by atoms with E-state index in [1.807, 2.05) is 6.92 Å². The Hall–Kier alpha value is -1.08. The summed E-state index contributed by atoms with van der Waals surface area (Å²) in [5.41, 5.74) is -1.35. The SMILES string of the molecule is CCC[C@@]1(C(=O)O)C[C@@H](O[Si](C)(C)C(C)(C)C)CN1C(=O)O. The number of aliphatic carboxylic acids is 1. The van der Waals surface area contributed by atoms with Crippen molar-refractivity contribution in [2.75, 3.05) is 6.54 Å². The van der Waals surface area contributed by atoms with Gasteiger partial charge in [-0.3, -0.25) is 4.90 Å². The lowest BCUT2D eigenvalue weighted by molar-refractivity contribution is -0.149. The van der Waals surface area contributed by atoms with Crippen LogP contribution in [0.1, 0.15) is 47.0 Å². The van der Waals surface area contributed by atoms with Crippen LogP contribution in [0.5, 0.6) is 0 Å². The van der Waals surface area contributed by atoms with Crippen molar-refractivity contribution in [3.63, 3.8) is 0 Å². The van der Waals surface area contributed by atoms with Crippen LogP contribution in [0.25, 0.3) is 0 Å². The van der Waals surface area contributed by atoms with Gasteiger partial charge in [0.15, 0.2) is 8.32 Å². The first-order valence-electron chi connectivity index (χ1n) is 7.79.